The zero-order chi connectivity index (χ0) is 21.4. The molecule has 9 heteroatoms. The van der Waals surface area contributed by atoms with Gasteiger partial charge >= 0.3 is 0 Å². The molecule has 0 spiro atoms. The predicted molar refractivity (Wildman–Crippen MR) is 110 cm³/mol. The Hall–Kier alpha value is -2.81. The molecule has 1 aromatic heterocycles. The highest BCUT2D eigenvalue weighted by molar-refractivity contribution is 7.91. The number of benzene rings is 1. The molecule has 0 aliphatic rings. The first-order valence-electron chi connectivity index (χ1n) is 9.14. The molecule has 0 saturated heterocycles. The summed E-state index contributed by atoms with van der Waals surface area (Å²) in [7, 11) is -1.57. The Morgan fingerprint density at radius 2 is 2.03 bits per heavy atom. The minimum Gasteiger partial charge on any atom is -0.493 e. The Morgan fingerprint density at radius 3 is 2.66 bits per heavy atom. The zero-order valence-corrected chi connectivity index (χ0v) is 17.8. The second-order valence-corrected chi connectivity index (χ2v) is 8.84. The van der Waals surface area contributed by atoms with Gasteiger partial charge in [0.2, 0.25) is 5.91 Å². The molecule has 158 valence electrons. The number of sulfone groups is 1. The number of amides is 1. The van der Waals surface area contributed by atoms with Crippen LogP contribution in [0.4, 0.5) is 0 Å². The second kappa shape index (κ2) is 10.1. The molecule has 2 aromatic rings. The summed E-state index contributed by atoms with van der Waals surface area (Å²) in [6, 6.07) is 5.28. The van der Waals surface area contributed by atoms with Crippen LogP contribution < -0.4 is 14.8 Å². The first-order valence-corrected chi connectivity index (χ1v) is 11.0. The van der Waals surface area contributed by atoms with Crippen molar-refractivity contribution in [3.63, 3.8) is 0 Å². The Labute approximate surface area is 170 Å². The molecule has 0 aliphatic heterocycles. The normalized spacial score (nSPS) is 11.6. The van der Waals surface area contributed by atoms with Crippen LogP contribution in [0.15, 0.2) is 28.8 Å². The van der Waals surface area contributed by atoms with Gasteiger partial charge in [0.25, 0.3) is 0 Å². The molecule has 0 bridgehead atoms. The molecule has 29 heavy (non-hydrogen) atoms. The van der Waals surface area contributed by atoms with Crippen molar-refractivity contribution in [1.82, 2.24) is 10.5 Å². The average molecular weight is 423 g/mol. The number of carbonyl (C=O) groups is 1. The molecule has 0 atom stereocenters. The third-order valence-corrected chi connectivity index (χ3v) is 6.03. The Morgan fingerprint density at radius 1 is 1.28 bits per heavy atom. The molecular formula is C20H26N2O6S. The fourth-order valence-corrected chi connectivity index (χ4v) is 3.17. The van der Waals surface area contributed by atoms with Crippen molar-refractivity contribution >= 4 is 21.8 Å². The van der Waals surface area contributed by atoms with Crippen LogP contribution in [0.25, 0.3) is 6.08 Å². The van der Waals surface area contributed by atoms with Gasteiger partial charge in [-0.25, -0.2) is 8.42 Å². The predicted octanol–water partition coefficient (Wildman–Crippen LogP) is 2.44. The summed E-state index contributed by atoms with van der Waals surface area (Å²) in [4.78, 5) is 11.8. The van der Waals surface area contributed by atoms with Gasteiger partial charge in [-0.15, -0.1) is 0 Å². The second-order valence-electron chi connectivity index (χ2n) is 6.36. The van der Waals surface area contributed by atoms with E-state index in [9.17, 15) is 13.2 Å². The van der Waals surface area contributed by atoms with Crippen LogP contribution in [0.2, 0.25) is 0 Å². The quantitative estimate of drug-likeness (QED) is 0.586. The molecule has 0 fully saturated rings. The Kier molecular flexibility index (Phi) is 7.83. The number of hydrogen-bond acceptors (Lipinski definition) is 7. The fraction of sp³-hybridized carbons (Fsp3) is 0.400. The van der Waals surface area contributed by atoms with Gasteiger partial charge in [0, 0.05) is 18.4 Å². The maximum absolute atomic E-state index is 11.8. The van der Waals surface area contributed by atoms with E-state index in [-0.39, 0.29) is 24.0 Å². The maximum Gasteiger partial charge on any atom is 0.244 e. The van der Waals surface area contributed by atoms with Crippen LogP contribution in [-0.4, -0.2) is 44.6 Å². The number of nitrogens with zero attached hydrogens (tertiary/aromatic N) is 1. The first kappa shape index (κ1) is 22.5. The molecule has 0 saturated carbocycles. The summed E-state index contributed by atoms with van der Waals surface area (Å²) in [5.41, 5.74) is 2.40. The largest absolute Gasteiger partial charge is 0.493 e. The van der Waals surface area contributed by atoms with Crippen LogP contribution in [0.3, 0.4) is 0 Å². The van der Waals surface area contributed by atoms with Crippen LogP contribution >= 0.6 is 0 Å². The van der Waals surface area contributed by atoms with E-state index in [1.807, 2.05) is 13.8 Å². The number of hydrogen-bond donors (Lipinski definition) is 1. The maximum atomic E-state index is 11.8. The fourth-order valence-electron chi connectivity index (χ4n) is 2.47. The lowest BCUT2D eigenvalue weighted by Gasteiger charge is -2.11. The van der Waals surface area contributed by atoms with E-state index in [0.29, 0.717) is 23.9 Å². The zero-order valence-electron chi connectivity index (χ0n) is 17.0. The summed E-state index contributed by atoms with van der Waals surface area (Å²) in [5.74, 6) is 1.40. The lowest BCUT2D eigenvalue weighted by molar-refractivity contribution is -0.116. The van der Waals surface area contributed by atoms with E-state index in [1.165, 1.54) is 13.2 Å². The van der Waals surface area contributed by atoms with Gasteiger partial charge in [-0.3, -0.25) is 4.79 Å². The summed E-state index contributed by atoms with van der Waals surface area (Å²) in [6.07, 6.45) is 2.96. The Balaban J connectivity index is 1.97. The lowest BCUT2D eigenvalue weighted by Crippen LogP contribution is -2.28. The van der Waals surface area contributed by atoms with Gasteiger partial charge in [0.05, 0.1) is 24.1 Å². The summed E-state index contributed by atoms with van der Waals surface area (Å²) >= 11 is 0. The highest BCUT2D eigenvalue weighted by atomic mass is 32.2. The van der Waals surface area contributed by atoms with E-state index < -0.39 is 9.84 Å². The number of methoxy groups -OCH3 is 1. The van der Waals surface area contributed by atoms with Gasteiger partial charge in [-0.2, -0.15) is 0 Å². The van der Waals surface area contributed by atoms with Crippen molar-refractivity contribution in [3.05, 3.63) is 46.9 Å². The van der Waals surface area contributed by atoms with Gasteiger partial charge in [0.1, 0.15) is 12.4 Å². The van der Waals surface area contributed by atoms with Crippen molar-refractivity contribution in [2.24, 2.45) is 0 Å². The summed E-state index contributed by atoms with van der Waals surface area (Å²) in [6.45, 7) is 5.63. The molecule has 2 rings (SSSR count). The van der Waals surface area contributed by atoms with Crippen LogP contribution in [-0.2, 0) is 21.2 Å². The molecule has 1 aromatic carbocycles. The number of aromatic nitrogens is 1. The Bertz CT molecular complexity index is 959. The molecule has 1 amide bonds. The van der Waals surface area contributed by atoms with Crippen molar-refractivity contribution in [3.8, 4) is 11.5 Å². The lowest BCUT2D eigenvalue weighted by atomic mass is 10.2. The molecule has 0 aliphatic carbocycles. The topological polar surface area (TPSA) is 108 Å². The molecule has 0 unspecified atom stereocenters. The molecule has 1 N–H and O–H groups in total. The van der Waals surface area contributed by atoms with Crippen LogP contribution in [0.1, 0.15) is 29.5 Å². The highest BCUT2D eigenvalue weighted by Crippen LogP contribution is 2.30. The van der Waals surface area contributed by atoms with Gasteiger partial charge < -0.3 is 19.3 Å². The number of rotatable bonds is 10. The minimum absolute atomic E-state index is 0.0587. The number of carbonyl (C=O) groups excluding carboxylic acids is 1. The monoisotopic (exact) mass is 422 g/mol. The van der Waals surface area contributed by atoms with Crippen molar-refractivity contribution in [2.75, 3.05) is 25.2 Å². The van der Waals surface area contributed by atoms with Crippen LogP contribution in [0.5, 0.6) is 11.5 Å². The van der Waals surface area contributed by atoms with E-state index in [4.69, 9.17) is 14.0 Å². The van der Waals surface area contributed by atoms with Gasteiger partial charge in [-0.1, -0.05) is 18.1 Å². The van der Waals surface area contributed by atoms with E-state index in [2.05, 4.69) is 10.5 Å². The highest BCUT2D eigenvalue weighted by Gasteiger charge is 2.12. The third-order valence-electron chi connectivity index (χ3n) is 4.32. The van der Waals surface area contributed by atoms with Crippen LogP contribution in [0, 0.1) is 13.8 Å². The molecular weight excluding hydrogens is 396 g/mol. The molecule has 0 radical (unpaired) electrons. The average Bonchev–Trinajstić information content (AvgIpc) is 3.02. The van der Waals surface area contributed by atoms with E-state index in [0.717, 1.165) is 16.8 Å². The number of ether oxygens (including phenoxy) is 2. The van der Waals surface area contributed by atoms with Crippen molar-refractivity contribution in [1.29, 1.82) is 0 Å². The van der Waals surface area contributed by atoms with E-state index in [1.54, 1.807) is 31.2 Å². The molecule has 1 heterocycles. The minimum atomic E-state index is -3.10. The van der Waals surface area contributed by atoms with Crippen molar-refractivity contribution < 1.29 is 27.2 Å². The smallest absolute Gasteiger partial charge is 0.244 e. The standard InChI is InChI=1S/C20H26N2O6S/c1-5-29(24,25)11-10-21-20(23)9-7-16-6-8-18(19(12-16)26-4)27-13-17-14(2)22-28-15(17)3/h6-9,12H,5,10-11,13H2,1-4H3,(H,21,23)/b9-7+. The van der Waals surface area contributed by atoms with Gasteiger partial charge in [-0.05, 0) is 37.6 Å². The van der Waals surface area contributed by atoms with E-state index >= 15 is 0 Å². The summed E-state index contributed by atoms with van der Waals surface area (Å²) < 4.78 is 39.2. The SMILES string of the molecule is CCS(=O)(=O)CCNC(=O)/C=C/c1ccc(OCc2c(C)noc2C)c(OC)c1. The summed E-state index contributed by atoms with van der Waals surface area (Å²) in [5, 5.41) is 6.45. The van der Waals surface area contributed by atoms with Gasteiger partial charge in [0.15, 0.2) is 21.3 Å². The number of nitrogens with one attached hydrogen (secondary N) is 1. The molecule has 8 nitrogen and oxygen atoms in total. The van der Waals surface area contributed by atoms with Crippen molar-refractivity contribution in [2.45, 2.75) is 27.4 Å². The first-order chi connectivity index (χ1) is 13.8. The third kappa shape index (κ3) is 6.63. The number of aryl methyl sites for hydroxylation is 2.